The summed E-state index contributed by atoms with van der Waals surface area (Å²) in [5, 5.41) is 0.492. The quantitative estimate of drug-likeness (QED) is 0.715. The van der Waals surface area contributed by atoms with Gasteiger partial charge in [0.25, 0.3) is 0 Å². The molecule has 0 bridgehead atoms. The van der Waals surface area contributed by atoms with Gasteiger partial charge in [-0.25, -0.2) is 9.97 Å². The summed E-state index contributed by atoms with van der Waals surface area (Å²) >= 11 is 11.4. The standard InChI is InChI=1S/C13H14BrClN2S/c1-4-5-10-11(14)12(15)17-13(16-10)9-6-7(2)18-8(9)3/h6H,4-5H2,1-3H3. The molecule has 0 N–H and O–H groups in total. The van der Waals surface area contributed by atoms with Gasteiger partial charge in [0.15, 0.2) is 5.82 Å². The predicted octanol–water partition coefficient (Wildman–Crippen LogP) is 5.19. The molecular formula is C13H14BrClN2S. The molecule has 96 valence electrons. The number of thiophene rings is 1. The van der Waals surface area contributed by atoms with E-state index in [0.717, 1.165) is 34.4 Å². The van der Waals surface area contributed by atoms with Crippen molar-refractivity contribution in [2.24, 2.45) is 0 Å². The maximum atomic E-state index is 6.17. The number of aryl methyl sites for hydroxylation is 3. The lowest BCUT2D eigenvalue weighted by molar-refractivity contribution is 0.868. The van der Waals surface area contributed by atoms with E-state index in [2.05, 4.69) is 52.7 Å². The Labute approximate surface area is 125 Å². The zero-order valence-electron chi connectivity index (χ0n) is 10.6. The maximum absolute atomic E-state index is 6.17. The molecule has 5 heteroatoms. The third-order valence-electron chi connectivity index (χ3n) is 2.65. The fraction of sp³-hybridized carbons (Fsp3) is 0.385. The Hall–Kier alpha value is -0.450. The highest BCUT2D eigenvalue weighted by molar-refractivity contribution is 9.10. The van der Waals surface area contributed by atoms with Crippen molar-refractivity contribution in [2.75, 3.05) is 0 Å². The molecule has 0 aliphatic heterocycles. The van der Waals surface area contributed by atoms with Crippen LogP contribution in [0.25, 0.3) is 11.4 Å². The van der Waals surface area contributed by atoms with Crippen LogP contribution in [0.4, 0.5) is 0 Å². The molecule has 0 fully saturated rings. The number of halogens is 2. The van der Waals surface area contributed by atoms with Crippen LogP contribution in [0.3, 0.4) is 0 Å². The molecule has 0 aliphatic carbocycles. The van der Waals surface area contributed by atoms with E-state index in [1.165, 1.54) is 9.75 Å². The van der Waals surface area contributed by atoms with Gasteiger partial charge in [0.1, 0.15) is 5.15 Å². The lowest BCUT2D eigenvalue weighted by Gasteiger charge is -2.07. The lowest BCUT2D eigenvalue weighted by atomic mass is 10.2. The molecule has 2 aromatic rings. The van der Waals surface area contributed by atoms with Crippen molar-refractivity contribution in [3.8, 4) is 11.4 Å². The van der Waals surface area contributed by atoms with E-state index >= 15 is 0 Å². The minimum Gasteiger partial charge on any atom is -0.232 e. The summed E-state index contributed by atoms with van der Waals surface area (Å²) < 4.78 is 0.819. The van der Waals surface area contributed by atoms with Gasteiger partial charge in [-0.05, 0) is 42.3 Å². The van der Waals surface area contributed by atoms with Crippen molar-refractivity contribution in [1.29, 1.82) is 0 Å². The topological polar surface area (TPSA) is 25.8 Å². The second-order valence-electron chi connectivity index (χ2n) is 4.18. The molecule has 0 unspecified atom stereocenters. The normalized spacial score (nSPS) is 10.9. The van der Waals surface area contributed by atoms with Crippen molar-refractivity contribution in [3.05, 3.63) is 31.1 Å². The second kappa shape index (κ2) is 5.68. The van der Waals surface area contributed by atoms with E-state index in [1.807, 2.05) is 0 Å². The summed E-state index contributed by atoms with van der Waals surface area (Å²) in [7, 11) is 0. The smallest absolute Gasteiger partial charge is 0.162 e. The number of hydrogen-bond donors (Lipinski definition) is 0. The van der Waals surface area contributed by atoms with Gasteiger partial charge in [0, 0.05) is 15.3 Å². The van der Waals surface area contributed by atoms with Gasteiger partial charge in [-0.2, -0.15) is 0 Å². The molecule has 2 heterocycles. The van der Waals surface area contributed by atoms with Crippen LogP contribution < -0.4 is 0 Å². The van der Waals surface area contributed by atoms with Crippen LogP contribution in [0, 0.1) is 13.8 Å². The number of aromatic nitrogens is 2. The van der Waals surface area contributed by atoms with Crippen LogP contribution in [-0.2, 0) is 6.42 Å². The third-order valence-corrected chi connectivity index (χ3v) is 4.95. The monoisotopic (exact) mass is 344 g/mol. The molecule has 0 saturated heterocycles. The highest BCUT2D eigenvalue weighted by atomic mass is 79.9. The fourth-order valence-electron chi connectivity index (χ4n) is 1.84. The highest BCUT2D eigenvalue weighted by Crippen LogP contribution is 2.32. The van der Waals surface area contributed by atoms with Gasteiger partial charge < -0.3 is 0 Å². The van der Waals surface area contributed by atoms with Crippen LogP contribution in [0.5, 0.6) is 0 Å². The van der Waals surface area contributed by atoms with Gasteiger partial charge in [-0.1, -0.05) is 24.9 Å². The van der Waals surface area contributed by atoms with Crippen molar-refractivity contribution >= 4 is 38.9 Å². The Kier molecular flexibility index (Phi) is 4.41. The first-order chi connectivity index (χ1) is 8.52. The van der Waals surface area contributed by atoms with Gasteiger partial charge in [-0.15, -0.1) is 11.3 Å². The molecule has 0 aromatic carbocycles. The molecule has 0 amide bonds. The first kappa shape index (κ1) is 14.0. The van der Waals surface area contributed by atoms with Crippen LogP contribution in [0.1, 0.15) is 28.8 Å². The largest absolute Gasteiger partial charge is 0.232 e. The molecule has 0 atom stereocenters. The van der Waals surface area contributed by atoms with Crippen LogP contribution in [0.15, 0.2) is 10.5 Å². The zero-order valence-corrected chi connectivity index (χ0v) is 13.7. The minimum atomic E-state index is 0.492. The van der Waals surface area contributed by atoms with Crippen molar-refractivity contribution in [2.45, 2.75) is 33.6 Å². The summed E-state index contributed by atoms with van der Waals surface area (Å²) in [4.78, 5) is 11.5. The molecule has 0 spiro atoms. The first-order valence-electron chi connectivity index (χ1n) is 5.82. The van der Waals surface area contributed by atoms with Crippen molar-refractivity contribution in [1.82, 2.24) is 9.97 Å². The molecular weight excluding hydrogens is 332 g/mol. The fourth-order valence-corrected chi connectivity index (χ4v) is 3.32. The van der Waals surface area contributed by atoms with E-state index in [-0.39, 0.29) is 0 Å². The number of rotatable bonds is 3. The van der Waals surface area contributed by atoms with E-state index in [1.54, 1.807) is 11.3 Å². The van der Waals surface area contributed by atoms with Gasteiger partial charge in [0.2, 0.25) is 0 Å². The summed E-state index contributed by atoms with van der Waals surface area (Å²) in [6, 6.07) is 2.12. The molecule has 2 rings (SSSR count). The highest BCUT2D eigenvalue weighted by Gasteiger charge is 2.14. The van der Waals surface area contributed by atoms with E-state index in [0.29, 0.717) is 5.15 Å². The SMILES string of the molecule is CCCc1nc(-c2cc(C)sc2C)nc(Cl)c1Br. The minimum absolute atomic E-state index is 0.492. The molecule has 0 radical (unpaired) electrons. The zero-order chi connectivity index (χ0) is 13.3. The molecule has 2 nitrogen and oxygen atoms in total. The van der Waals surface area contributed by atoms with Gasteiger partial charge >= 0.3 is 0 Å². The Morgan fingerprint density at radius 3 is 2.61 bits per heavy atom. The number of nitrogens with zero attached hydrogens (tertiary/aromatic N) is 2. The van der Waals surface area contributed by atoms with Crippen LogP contribution in [0.2, 0.25) is 5.15 Å². The average molecular weight is 346 g/mol. The van der Waals surface area contributed by atoms with Crippen LogP contribution in [-0.4, -0.2) is 9.97 Å². The molecule has 0 saturated carbocycles. The van der Waals surface area contributed by atoms with E-state index < -0.39 is 0 Å². The lowest BCUT2D eigenvalue weighted by Crippen LogP contribution is -1.98. The van der Waals surface area contributed by atoms with Crippen molar-refractivity contribution in [3.63, 3.8) is 0 Å². The van der Waals surface area contributed by atoms with Crippen LogP contribution >= 0.6 is 38.9 Å². The Bertz CT molecular complexity index is 581. The predicted molar refractivity (Wildman–Crippen MR) is 81.5 cm³/mol. The van der Waals surface area contributed by atoms with Crippen molar-refractivity contribution < 1.29 is 0 Å². The molecule has 0 aliphatic rings. The van der Waals surface area contributed by atoms with E-state index in [9.17, 15) is 0 Å². The average Bonchev–Trinajstić information content (AvgIpc) is 2.64. The Balaban J connectivity index is 2.55. The van der Waals surface area contributed by atoms with Gasteiger partial charge in [-0.3, -0.25) is 0 Å². The Morgan fingerprint density at radius 1 is 1.33 bits per heavy atom. The maximum Gasteiger partial charge on any atom is 0.162 e. The van der Waals surface area contributed by atoms with Gasteiger partial charge in [0.05, 0.1) is 10.2 Å². The molecule has 18 heavy (non-hydrogen) atoms. The summed E-state index contributed by atoms with van der Waals surface area (Å²) in [6.07, 6.45) is 1.94. The summed E-state index contributed by atoms with van der Waals surface area (Å²) in [5.74, 6) is 0.730. The molecule has 2 aromatic heterocycles. The second-order valence-corrected chi connectivity index (χ2v) is 6.79. The Morgan fingerprint density at radius 2 is 2.06 bits per heavy atom. The third kappa shape index (κ3) is 2.76. The first-order valence-corrected chi connectivity index (χ1v) is 7.81. The summed E-state index contributed by atoms with van der Waals surface area (Å²) in [6.45, 7) is 6.31. The summed E-state index contributed by atoms with van der Waals surface area (Å²) in [5.41, 5.74) is 2.07. The number of hydrogen-bond acceptors (Lipinski definition) is 3. The van der Waals surface area contributed by atoms with E-state index in [4.69, 9.17) is 11.6 Å².